The lowest BCUT2D eigenvalue weighted by Crippen LogP contribution is -2.42. The summed E-state index contributed by atoms with van der Waals surface area (Å²) in [7, 11) is 0. The van der Waals surface area contributed by atoms with Crippen LogP contribution in [-0.2, 0) is 4.79 Å². The number of benzene rings is 1. The number of carbonyl (C=O) groups excluding carboxylic acids is 2. The van der Waals surface area contributed by atoms with Crippen LogP contribution in [0, 0.1) is 0 Å². The van der Waals surface area contributed by atoms with Gasteiger partial charge in [-0.3, -0.25) is 10.1 Å². The Kier molecular flexibility index (Phi) is 5.08. The first kappa shape index (κ1) is 15.7. The molecule has 0 aliphatic heterocycles. The number of hydrogen-bond donors (Lipinski definition) is 3. The molecule has 2 rings (SSSR count). The van der Waals surface area contributed by atoms with Gasteiger partial charge in [-0.1, -0.05) is 23.4 Å². The molecule has 0 saturated heterocycles. The van der Waals surface area contributed by atoms with E-state index in [1.807, 2.05) is 0 Å². The lowest BCUT2D eigenvalue weighted by atomic mass is 10.3. The Morgan fingerprint density at radius 2 is 2.24 bits per heavy atom. The summed E-state index contributed by atoms with van der Waals surface area (Å²) in [5.41, 5.74) is 1.58. The van der Waals surface area contributed by atoms with E-state index in [0.717, 1.165) is 11.0 Å². The van der Waals surface area contributed by atoms with Gasteiger partial charge in [0.25, 0.3) is 0 Å². The molecule has 0 aliphatic rings. The van der Waals surface area contributed by atoms with Crippen LogP contribution in [-0.4, -0.2) is 33.7 Å². The van der Waals surface area contributed by atoms with Crippen molar-refractivity contribution in [2.24, 2.45) is 0 Å². The first-order valence-electron chi connectivity index (χ1n) is 6.40. The SMILES string of the molecule is CCNC(=O)NC(=O)[C@@H](C)Sc1nc2ccc(Cl)cc2[nH]1. The Labute approximate surface area is 131 Å². The summed E-state index contributed by atoms with van der Waals surface area (Å²) in [4.78, 5) is 30.6. The van der Waals surface area contributed by atoms with Crippen molar-refractivity contribution >= 4 is 46.3 Å². The van der Waals surface area contributed by atoms with Gasteiger partial charge in [-0.15, -0.1) is 0 Å². The molecule has 2 aromatic rings. The zero-order valence-corrected chi connectivity index (χ0v) is 13.1. The van der Waals surface area contributed by atoms with Crippen LogP contribution in [0.1, 0.15) is 13.8 Å². The molecule has 21 heavy (non-hydrogen) atoms. The van der Waals surface area contributed by atoms with E-state index in [2.05, 4.69) is 20.6 Å². The molecule has 6 nitrogen and oxygen atoms in total. The van der Waals surface area contributed by atoms with Gasteiger partial charge in [0.2, 0.25) is 5.91 Å². The number of amides is 3. The van der Waals surface area contributed by atoms with E-state index in [4.69, 9.17) is 11.6 Å². The number of halogens is 1. The van der Waals surface area contributed by atoms with Crippen molar-refractivity contribution < 1.29 is 9.59 Å². The number of carbonyl (C=O) groups is 2. The van der Waals surface area contributed by atoms with Crippen LogP contribution >= 0.6 is 23.4 Å². The molecular weight excluding hydrogens is 312 g/mol. The summed E-state index contributed by atoms with van der Waals surface area (Å²) in [6, 6.07) is 4.83. The molecule has 1 atom stereocenters. The fraction of sp³-hybridized carbons (Fsp3) is 0.308. The van der Waals surface area contributed by atoms with Gasteiger partial charge in [0.15, 0.2) is 5.16 Å². The molecule has 0 unspecified atom stereocenters. The number of fused-ring (bicyclic) bond motifs is 1. The van der Waals surface area contributed by atoms with E-state index in [-0.39, 0.29) is 5.91 Å². The molecule has 0 aliphatic carbocycles. The van der Waals surface area contributed by atoms with E-state index in [0.29, 0.717) is 16.7 Å². The van der Waals surface area contributed by atoms with Crippen LogP contribution in [0.5, 0.6) is 0 Å². The minimum absolute atomic E-state index is 0.371. The highest BCUT2D eigenvalue weighted by Crippen LogP contribution is 2.25. The summed E-state index contributed by atoms with van der Waals surface area (Å²) in [6.45, 7) is 3.95. The van der Waals surface area contributed by atoms with Crippen molar-refractivity contribution in [3.8, 4) is 0 Å². The van der Waals surface area contributed by atoms with Crippen molar-refractivity contribution in [1.82, 2.24) is 20.6 Å². The fourth-order valence-corrected chi connectivity index (χ4v) is 2.65. The summed E-state index contributed by atoms with van der Waals surface area (Å²) in [5.74, 6) is -0.371. The predicted octanol–water partition coefficient (Wildman–Crippen LogP) is 2.54. The quantitative estimate of drug-likeness (QED) is 0.753. The number of rotatable bonds is 4. The van der Waals surface area contributed by atoms with Gasteiger partial charge in [-0.2, -0.15) is 0 Å². The van der Waals surface area contributed by atoms with Crippen LogP contribution < -0.4 is 10.6 Å². The second-order valence-corrected chi connectivity index (χ2v) is 6.08. The second-order valence-electron chi connectivity index (χ2n) is 4.31. The maximum atomic E-state index is 11.8. The minimum atomic E-state index is -0.494. The Balaban J connectivity index is 2.02. The number of thioether (sulfide) groups is 1. The van der Waals surface area contributed by atoms with Crippen molar-refractivity contribution in [3.05, 3.63) is 23.2 Å². The zero-order chi connectivity index (χ0) is 15.4. The summed E-state index contributed by atoms with van der Waals surface area (Å²) < 4.78 is 0. The summed E-state index contributed by atoms with van der Waals surface area (Å²) in [6.07, 6.45) is 0. The molecular formula is C13H15ClN4O2S. The van der Waals surface area contributed by atoms with E-state index >= 15 is 0 Å². The standard InChI is InChI=1S/C13H15ClN4O2S/c1-3-15-12(20)18-11(19)7(2)21-13-16-9-5-4-8(14)6-10(9)17-13/h4-7H,3H2,1-2H3,(H,16,17)(H2,15,18,19,20)/t7-/m1/s1. The van der Waals surface area contributed by atoms with Crippen LogP contribution in [0.3, 0.4) is 0 Å². The third kappa shape index (κ3) is 4.12. The molecule has 1 aromatic carbocycles. The maximum absolute atomic E-state index is 11.8. The number of urea groups is 1. The van der Waals surface area contributed by atoms with Gasteiger partial charge in [0, 0.05) is 11.6 Å². The molecule has 3 amide bonds. The van der Waals surface area contributed by atoms with Crippen LogP contribution in [0.2, 0.25) is 5.02 Å². The number of aromatic nitrogens is 2. The zero-order valence-electron chi connectivity index (χ0n) is 11.6. The monoisotopic (exact) mass is 326 g/mol. The Bertz CT molecular complexity index is 673. The van der Waals surface area contributed by atoms with Crippen molar-refractivity contribution in [1.29, 1.82) is 0 Å². The minimum Gasteiger partial charge on any atom is -0.338 e. The summed E-state index contributed by atoms with van der Waals surface area (Å²) >= 11 is 7.15. The summed E-state index contributed by atoms with van der Waals surface area (Å²) in [5, 5.41) is 5.54. The van der Waals surface area contributed by atoms with E-state index in [9.17, 15) is 9.59 Å². The number of aromatic amines is 1. The van der Waals surface area contributed by atoms with Crippen molar-refractivity contribution in [3.63, 3.8) is 0 Å². The number of imide groups is 1. The number of H-pyrrole nitrogens is 1. The number of hydrogen-bond acceptors (Lipinski definition) is 4. The first-order chi connectivity index (χ1) is 9.99. The largest absolute Gasteiger partial charge is 0.338 e. The van der Waals surface area contributed by atoms with Gasteiger partial charge in [0.1, 0.15) is 0 Å². The van der Waals surface area contributed by atoms with E-state index < -0.39 is 11.3 Å². The smallest absolute Gasteiger partial charge is 0.321 e. The highest BCUT2D eigenvalue weighted by Gasteiger charge is 2.18. The topological polar surface area (TPSA) is 86.9 Å². The molecule has 0 bridgehead atoms. The van der Waals surface area contributed by atoms with Crippen molar-refractivity contribution in [2.45, 2.75) is 24.3 Å². The number of nitrogens with one attached hydrogen (secondary N) is 3. The molecule has 0 fully saturated rings. The predicted molar refractivity (Wildman–Crippen MR) is 83.6 cm³/mol. The van der Waals surface area contributed by atoms with Gasteiger partial charge < -0.3 is 10.3 Å². The highest BCUT2D eigenvalue weighted by atomic mass is 35.5. The van der Waals surface area contributed by atoms with E-state index in [1.54, 1.807) is 32.0 Å². The molecule has 112 valence electrons. The Morgan fingerprint density at radius 3 is 2.95 bits per heavy atom. The third-order valence-corrected chi connectivity index (χ3v) is 3.87. The maximum Gasteiger partial charge on any atom is 0.321 e. The third-order valence-electron chi connectivity index (χ3n) is 2.65. The van der Waals surface area contributed by atoms with Gasteiger partial charge in [-0.25, -0.2) is 9.78 Å². The number of imidazole rings is 1. The van der Waals surface area contributed by atoms with E-state index in [1.165, 1.54) is 11.8 Å². The van der Waals surface area contributed by atoms with Crippen molar-refractivity contribution in [2.75, 3.05) is 6.54 Å². The molecule has 1 aromatic heterocycles. The molecule has 0 spiro atoms. The van der Waals surface area contributed by atoms with Crippen LogP contribution in [0.15, 0.2) is 23.4 Å². The normalized spacial score (nSPS) is 12.1. The molecule has 8 heteroatoms. The molecule has 0 saturated carbocycles. The molecule has 1 heterocycles. The average molecular weight is 327 g/mol. The highest BCUT2D eigenvalue weighted by molar-refractivity contribution is 8.00. The van der Waals surface area contributed by atoms with Crippen LogP contribution in [0.4, 0.5) is 4.79 Å². The van der Waals surface area contributed by atoms with Gasteiger partial charge >= 0.3 is 6.03 Å². The Hall–Kier alpha value is -1.73. The van der Waals surface area contributed by atoms with Crippen LogP contribution in [0.25, 0.3) is 11.0 Å². The molecule has 3 N–H and O–H groups in total. The number of nitrogens with zero attached hydrogens (tertiary/aromatic N) is 1. The Morgan fingerprint density at radius 1 is 1.48 bits per heavy atom. The molecule has 0 radical (unpaired) electrons. The average Bonchev–Trinajstić information content (AvgIpc) is 2.80. The lowest BCUT2D eigenvalue weighted by molar-refractivity contribution is -0.119. The fourth-order valence-electron chi connectivity index (χ4n) is 1.65. The van der Waals surface area contributed by atoms with Gasteiger partial charge in [-0.05, 0) is 32.0 Å². The lowest BCUT2D eigenvalue weighted by Gasteiger charge is -2.09. The second kappa shape index (κ2) is 6.82. The van der Waals surface area contributed by atoms with Gasteiger partial charge in [0.05, 0.1) is 16.3 Å². The first-order valence-corrected chi connectivity index (χ1v) is 7.66.